The Labute approximate surface area is 164 Å². The Balaban J connectivity index is 1.98. The molecule has 1 aromatic carbocycles. The fourth-order valence-electron chi connectivity index (χ4n) is 2.40. The Bertz CT molecular complexity index is 876. The van der Waals surface area contributed by atoms with Gasteiger partial charge in [0.25, 0.3) is 0 Å². The number of hydrogen-bond donors (Lipinski definition) is 2. The lowest BCUT2D eigenvalue weighted by atomic mass is 10.2. The van der Waals surface area contributed by atoms with Crippen LogP contribution in [0.2, 0.25) is 0 Å². The SMILES string of the molecule is Cc1ncc(CN(C)C(C)C(=O)Nc2ccc(S(=O)(=O)NC(C)C)cc2)s1. The number of hydrogen-bond acceptors (Lipinski definition) is 6. The number of benzene rings is 1. The van der Waals surface area contributed by atoms with Gasteiger partial charge >= 0.3 is 0 Å². The molecule has 0 aliphatic carbocycles. The summed E-state index contributed by atoms with van der Waals surface area (Å²) >= 11 is 1.61. The van der Waals surface area contributed by atoms with Crippen molar-refractivity contribution in [1.29, 1.82) is 0 Å². The standard InChI is InChI=1S/C18H26N4O3S2/c1-12(2)21-27(24,25)17-8-6-15(7-9-17)20-18(23)13(3)22(5)11-16-10-19-14(4)26-16/h6-10,12-13,21H,11H2,1-5H3,(H,20,23). The van der Waals surface area contributed by atoms with E-state index < -0.39 is 10.0 Å². The van der Waals surface area contributed by atoms with Crippen LogP contribution in [-0.2, 0) is 21.4 Å². The van der Waals surface area contributed by atoms with Gasteiger partial charge in [-0.2, -0.15) is 0 Å². The van der Waals surface area contributed by atoms with E-state index in [4.69, 9.17) is 0 Å². The van der Waals surface area contributed by atoms with Gasteiger partial charge in [-0.1, -0.05) is 0 Å². The third-order valence-electron chi connectivity index (χ3n) is 3.94. The number of aryl methyl sites for hydroxylation is 1. The van der Waals surface area contributed by atoms with Crippen LogP contribution in [0.25, 0.3) is 0 Å². The van der Waals surface area contributed by atoms with Crippen LogP contribution in [-0.4, -0.2) is 43.3 Å². The molecule has 7 nitrogen and oxygen atoms in total. The van der Waals surface area contributed by atoms with E-state index in [0.717, 1.165) is 9.88 Å². The summed E-state index contributed by atoms with van der Waals surface area (Å²) in [6, 6.07) is 5.60. The summed E-state index contributed by atoms with van der Waals surface area (Å²) in [5.74, 6) is -0.158. The number of rotatable bonds is 8. The quantitative estimate of drug-likeness (QED) is 0.698. The van der Waals surface area contributed by atoms with Crippen molar-refractivity contribution in [2.75, 3.05) is 12.4 Å². The predicted molar refractivity (Wildman–Crippen MR) is 108 cm³/mol. The molecule has 1 atom stereocenters. The average Bonchev–Trinajstić information content (AvgIpc) is 2.98. The van der Waals surface area contributed by atoms with Crippen molar-refractivity contribution in [3.8, 4) is 0 Å². The molecule has 1 unspecified atom stereocenters. The number of sulfonamides is 1. The fraction of sp³-hybridized carbons (Fsp3) is 0.444. The Morgan fingerprint density at radius 3 is 2.37 bits per heavy atom. The van der Waals surface area contributed by atoms with Gasteiger partial charge in [0.05, 0.1) is 15.9 Å². The molecule has 9 heteroatoms. The maximum Gasteiger partial charge on any atom is 0.241 e. The second-order valence-electron chi connectivity index (χ2n) is 6.73. The number of carbonyl (C=O) groups excluding carboxylic acids is 1. The van der Waals surface area contributed by atoms with Crippen molar-refractivity contribution in [2.24, 2.45) is 0 Å². The zero-order valence-corrected chi connectivity index (χ0v) is 17.8. The highest BCUT2D eigenvalue weighted by Gasteiger charge is 2.20. The molecule has 1 amide bonds. The van der Waals surface area contributed by atoms with Crippen LogP contribution in [0.5, 0.6) is 0 Å². The molecule has 0 spiro atoms. The Kier molecular flexibility index (Phi) is 7.10. The minimum atomic E-state index is -3.54. The maximum absolute atomic E-state index is 12.5. The number of anilines is 1. The van der Waals surface area contributed by atoms with E-state index in [9.17, 15) is 13.2 Å². The van der Waals surface area contributed by atoms with Gasteiger partial charge in [-0.25, -0.2) is 18.1 Å². The molecular weight excluding hydrogens is 384 g/mol. The average molecular weight is 411 g/mol. The molecule has 27 heavy (non-hydrogen) atoms. The van der Waals surface area contributed by atoms with E-state index in [-0.39, 0.29) is 22.9 Å². The minimum Gasteiger partial charge on any atom is -0.325 e. The number of likely N-dealkylation sites (N-methyl/N-ethyl adjacent to an activating group) is 1. The first-order valence-corrected chi connectivity index (χ1v) is 10.9. The van der Waals surface area contributed by atoms with Crippen molar-refractivity contribution in [3.63, 3.8) is 0 Å². The third kappa shape index (κ3) is 6.10. The molecule has 1 heterocycles. The number of carbonyl (C=O) groups is 1. The molecule has 0 aliphatic heterocycles. The highest BCUT2D eigenvalue weighted by molar-refractivity contribution is 7.89. The van der Waals surface area contributed by atoms with Gasteiger partial charge in [-0.3, -0.25) is 9.69 Å². The van der Waals surface area contributed by atoms with Gasteiger partial charge in [0.2, 0.25) is 15.9 Å². The van der Waals surface area contributed by atoms with E-state index in [0.29, 0.717) is 12.2 Å². The fourth-order valence-corrected chi connectivity index (χ4v) is 4.51. The molecule has 0 saturated heterocycles. The first-order chi connectivity index (χ1) is 12.6. The first kappa shape index (κ1) is 21.5. The van der Waals surface area contributed by atoms with Crippen LogP contribution >= 0.6 is 11.3 Å². The van der Waals surface area contributed by atoms with Crippen molar-refractivity contribution < 1.29 is 13.2 Å². The Hall–Kier alpha value is -1.81. The van der Waals surface area contributed by atoms with Crippen LogP contribution in [0.3, 0.4) is 0 Å². The molecular formula is C18H26N4O3S2. The molecule has 2 N–H and O–H groups in total. The van der Waals surface area contributed by atoms with Gasteiger partial charge in [0.1, 0.15) is 0 Å². The van der Waals surface area contributed by atoms with Gasteiger partial charge in [0.15, 0.2) is 0 Å². The smallest absolute Gasteiger partial charge is 0.241 e. The van der Waals surface area contributed by atoms with Crippen LogP contribution in [0.4, 0.5) is 5.69 Å². The largest absolute Gasteiger partial charge is 0.325 e. The summed E-state index contributed by atoms with van der Waals surface area (Å²) in [6.07, 6.45) is 1.82. The molecule has 0 aliphatic rings. The highest BCUT2D eigenvalue weighted by atomic mass is 32.2. The van der Waals surface area contributed by atoms with Gasteiger partial charge in [0, 0.05) is 29.3 Å². The molecule has 2 rings (SSSR count). The summed E-state index contributed by atoms with van der Waals surface area (Å²) in [5.41, 5.74) is 0.553. The highest BCUT2D eigenvalue weighted by Crippen LogP contribution is 2.17. The topological polar surface area (TPSA) is 91.4 Å². The lowest BCUT2D eigenvalue weighted by Gasteiger charge is -2.23. The Morgan fingerprint density at radius 1 is 1.22 bits per heavy atom. The molecule has 0 saturated carbocycles. The zero-order valence-electron chi connectivity index (χ0n) is 16.2. The molecule has 1 aromatic heterocycles. The first-order valence-electron chi connectivity index (χ1n) is 8.63. The van der Waals surface area contributed by atoms with E-state index in [1.54, 1.807) is 37.3 Å². The lowest BCUT2D eigenvalue weighted by molar-refractivity contribution is -0.120. The molecule has 2 aromatic rings. The van der Waals surface area contributed by atoms with Gasteiger partial charge < -0.3 is 5.32 Å². The zero-order chi connectivity index (χ0) is 20.2. The van der Waals surface area contributed by atoms with Gasteiger partial charge in [-0.05, 0) is 59.0 Å². The molecule has 0 bridgehead atoms. The minimum absolute atomic E-state index is 0.158. The number of aromatic nitrogens is 1. The van der Waals surface area contributed by atoms with E-state index in [2.05, 4.69) is 15.0 Å². The maximum atomic E-state index is 12.5. The van der Waals surface area contributed by atoms with Crippen molar-refractivity contribution in [1.82, 2.24) is 14.6 Å². The van der Waals surface area contributed by atoms with E-state index >= 15 is 0 Å². The van der Waals surface area contributed by atoms with Crippen LogP contribution in [0, 0.1) is 6.92 Å². The molecule has 0 fully saturated rings. The second kappa shape index (κ2) is 8.92. The summed E-state index contributed by atoms with van der Waals surface area (Å²) in [6.45, 7) is 7.94. The van der Waals surface area contributed by atoms with Crippen molar-refractivity contribution in [2.45, 2.75) is 51.2 Å². The van der Waals surface area contributed by atoms with Crippen molar-refractivity contribution in [3.05, 3.63) is 40.3 Å². The van der Waals surface area contributed by atoms with E-state index in [1.807, 2.05) is 32.0 Å². The van der Waals surface area contributed by atoms with Crippen LogP contribution in [0.1, 0.15) is 30.7 Å². The number of thiazole rings is 1. The van der Waals surface area contributed by atoms with Crippen LogP contribution in [0.15, 0.2) is 35.4 Å². The normalized spacial score (nSPS) is 13.1. The summed E-state index contributed by atoms with van der Waals surface area (Å²) in [7, 11) is -1.66. The molecule has 148 valence electrons. The predicted octanol–water partition coefficient (Wildman–Crippen LogP) is 2.60. The number of nitrogens with zero attached hydrogens (tertiary/aromatic N) is 2. The Morgan fingerprint density at radius 2 is 1.85 bits per heavy atom. The second-order valence-corrected chi connectivity index (χ2v) is 9.76. The molecule has 0 radical (unpaired) electrons. The van der Waals surface area contributed by atoms with E-state index in [1.165, 1.54) is 12.1 Å². The number of nitrogens with one attached hydrogen (secondary N) is 2. The summed E-state index contributed by atoms with van der Waals surface area (Å²) in [4.78, 5) is 19.9. The van der Waals surface area contributed by atoms with Crippen LogP contribution < -0.4 is 10.0 Å². The monoisotopic (exact) mass is 410 g/mol. The summed E-state index contributed by atoms with van der Waals surface area (Å²) < 4.78 is 26.8. The van der Waals surface area contributed by atoms with Crippen molar-refractivity contribution >= 4 is 33.0 Å². The lowest BCUT2D eigenvalue weighted by Crippen LogP contribution is -2.39. The summed E-state index contributed by atoms with van der Waals surface area (Å²) in [5, 5.41) is 3.82. The van der Waals surface area contributed by atoms with Gasteiger partial charge in [-0.15, -0.1) is 11.3 Å². The third-order valence-corrected chi connectivity index (χ3v) is 6.51. The number of amides is 1.